The molecule has 4 rings (SSSR count). The maximum Gasteiger partial charge on any atom is 0.252 e. The van der Waals surface area contributed by atoms with Crippen LogP contribution in [0.3, 0.4) is 0 Å². The van der Waals surface area contributed by atoms with Gasteiger partial charge in [0.25, 0.3) is 5.78 Å². The molecule has 0 saturated carbocycles. The summed E-state index contributed by atoms with van der Waals surface area (Å²) in [5, 5.41) is 4.21. The molecular formula is C18H14N4O. The van der Waals surface area contributed by atoms with Crippen LogP contribution in [0.5, 0.6) is 5.75 Å². The van der Waals surface area contributed by atoms with Gasteiger partial charge in [0.05, 0.1) is 5.69 Å². The van der Waals surface area contributed by atoms with Crippen molar-refractivity contribution in [2.24, 2.45) is 0 Å². The summed E-state index contributed by atoms with van der Waals surface area (Å²) in [4.78, 5) is 8.27. The zero-order chi connectivity index (χ0) is 15.5. The van der Waals surface area contributed by atoms with Gasteiger partial charge in [-0.1, -0.05) is 30.3 Å². The topological polar surface area (TPSA) is 52.3 Å². The Morgan fingerprint density at radius 3 is 2.52 bits per heavy atom. The van der Waals surface area contributed by atoms with Crippen molar-refractivity contribution in [3.8, 4) is 17.0 Å². The van der Waals surface area contributed by atoms with Gasteiger partial charge < -0.3 is 4.74 Å². The van der Waals surface area contributed by atoms with Crippen LogP contribution in [-0.4, -0.2) is 19.6 Å². The molecule has 23 heavy (non-hydrogen) atoms. The Bertz CT molecular complexity index is 917. The normalized spacial score (nSPS) is 10.8. The van der Waals surface area contributed by atoms with Gasteiger partial charge in [-0.3, -0.25) is 0 Å². The number of ether oxygens (including phenoxy) is 1. The molecular weight excluding hydrogens is 288 g/mol. The summed E-state index contributed by atoms with van der Waals surface area (Å²) >= 11 is 0. The molecule has 0 unspecified atom stereocenters. The average Bonchev–Trinajstić information content (AvgIpc) is 3.10. The SMILES string of the molecule is c1ccc(COc2ccc(-c3ccnc4ncnn34)cc2)cc1. The number of nitrogens with zero attached hydrogens (tertiary/aromatic N) is 4. The first-order valence-electron chi connectivity index (χ1n) is 7.32. The van der Waals surface area contributed by atoms with E-state index in [0.717, 1.165) is 22.6 Å². The van der Waals surface area contributed by atoms with Crippen molar-refractivity contribution in [2.45, 2.75) is 6.61 Å². The lowest BCUT2D eigenvalue weighted by molar-refractivity contribution is 0.306. The van der Waals surface area contributed by atoms with Gasteiger partial charge in [0.1, 0.15) is 18.7 Å². The Morgan fingerprint density at radius 2 is 1.70 bits per heavy atom. The summed E-state index contributed by atoms with van der Waals surface area (Å²) in [6.45, 7) is 0.558. The van der Waals surface area contributed by atoms with E-state index in [4.69, 9.17) is 4.74 Å². The van der Waals surface area contributed by atoms with Crippen molar-refractivity contribution in [2.75, 3.05) is 0 Å². The predicted molar refractivity (Wildman–Crippen MR) is 87.0 cm³/mol. The summed E-state index contributed by atoms with van der Waals surface area (Å²) in [6, 6.07) is 20.0. The largest absolute Gasteiger partial charge is 0.489 e. The Balaban J connectivity index is 1.55. The molecule has 2 heterocycles. The minimum Gasteiger partial charge on any atom is -0.489 e. The van der Waals surface area contributed by atoms with Gasteiger partial charge in [-0.15, -0.1) is 0 Å². The highest BCUT2D eigenvalue weighted by Gasteiger charge is 2.06. The molecule has 0 aliphatic carbocycles. The molecule has 0 bridgehead atoms. The van der Waals surface area contributed by atoms with Crippen molar-refractivity contribution in [1.82, 2.24) is 19.6 Å². The molecule has 2 aromatic carbocycles. The van der Waals surface area contributed by atoms with Gasteiger partial charge in [-0.2, -0.15) is 14.6 Å². The van der Waals surface area contributed by atoms with Gasteiger partial charge in [0.15, 0.2) is 0 Å². The molecule has 0 fully saturated rings. The fourth-order valence-corrected chi connectivity index (χ4v) is 2.42. The molecule has 4 aromatic rings. The summed E-state index contributed by atoms with van der Waals surface area (Å²) in [7, 11) is 0. The Hall–Kier alpha value is -3.21. The molecule has 0 atom stereocenters. The second-order valence-corrected chi connectivity index (χ2v) is 5.10. The quantitative estimate of drug-likeness (QED) is 0.580. The third-order valence-electron chi connectivity index (χ3n) is 3.58. The zero-order valence-electron chi connectivity index (χ0n) is 12.3. The smallest absolute Gasteiger partial charge is 0.252 e. The first kappa shape index (κ1) is 13.5. The number of hydrogen-bond donors (Lipinski definition) is 0. The molecule has 112 valence electrons. The number of hydrogen-bond acceptors (Lipinski definition) is 4. The van der Waals surface area contributed by atoms with E-state index in [1.807, 2.05) is 60.7 Å². The van der Waals surface area contributed by atoms with Crippen molar-refractivity contribution >= 4 is 5.78 Å². The molecule has 0 aliphatic rings. The van der Waals surface area contributed by atoms with E-state index in [1.54, 1.807) is 10.7 Å². The van der Waals surface area contributed by atoms with Crippen LogP contribution in [-0.2, 0) is 6.61 Å². The van der Waals surface area contributed by atoms with E-state index >= 15 is 0 Å². The summed E-state index contributed by atoms with van der Waals surface area (Å²) < 4.78 is 7.53. The van der Waals surface area contributed by atoms with Gasteiger partial charge in [0.2, 0.25) is 0 Å². The second kappa shape index (κ2) is 5.88. The molecule has 0 spiro atoms. The number of fused-ring (bicyclic) bond motifs is 1. The maximum atomic E-state index is 5.81. The van der Waals surface area contributed by atoms with E-state index < -0.39 is 0 Å². The number of benzene rings is 2. The van der Waals surface area contributed by atoms with Crippen LogP contribution in [0.2, 0.25) is 0 Å². The Morgan fingerprint density at radius 1 is 0.870 bits per heavy atom. The predicted octanol–water partition coefficient (Wildman–Crippen LogP) is 3.37. The van der Waals surface area contributed by atoms with Crippen LogP contribution in [0.25, 0.3) is 17.0 Å². The highest BCUT2D eigenvalue weighted by atomic mass is 16.5. The van der Waals surface area contributed by atoms with Gasteiger partial charge in [-0.05, 0) is 35.9 Å². The molecule has 0 radical (unpaired) electrons. The van der Waals surface area contributed by atoms with Gasteiger partial charge >= 0.3 is 0 Å². The van der Waals surface area contributed by atoms with Crippen molar-refractivity contribution < 1.29 is 4.74 Å². The van der Waals surface area contributed by atoms with Crippen molar-refractivity contribution in [3.05, 3.63) is 78.8 Å². The fraction of sp³-hybridized carbons (Fsp3) is 0.0556. The lowest BCUT2D eigenvalue weighted by Gasteiger charge is -2.08. The molecule has 5 heteroatoms. The van der Waals surface area contributed by atoms with Crippen LogP contribution < -0.4 is 4.74 Å². The Labute approximate surface area is 133 Å². The lowest BCUT2D eigenvalue weighted by atomic mass is 10.1. The van der Waals surface area contributed by atoms with E-state index in [2.05, 4.69) is 15.1 Å². The molecule has 5 nitrogen and oxygen atoms in total. The first-order valence-corrected chi connectivity index (χ1v) is 7.32. The van der Waals surface area contributed by atoms with Crippen LogP contribution in [0.4, 0.5) is 0 Å². The molecule has 0 N–H and O–H groups in total. The van der Waals surface area contributed by atoms with Gasteiger partial charge in [0, 0.05) is 11.8 Å². The van der Waals surface area contributed by atoms with Crippen molar-refractivity contribution in [1.29, 1.82) is 0 Å². The van der Waals surface area contributed by atoms with Crippen LogP contribution in [0.15, 0.2) is 73.2 Å². The van der Waals surface area contributed by atoms with Gasteiger partial charge in [-0.25, -0.2) is 4.98 Å². The van der Waals surface area contributed by atoms with Crippen LogP contribution >= 0.6 is 0 Å². The standard InChI is InChI=1S/C18H14N4O/c1-2-4-14(5-3-1)12-23-16-8-6-15(7-9-16)17-10-11-19-18-20-13-21-22(17)18/h1-11,13H,12H2. The summed E-state index contributed by atoms with van der Waals surface area (Å²) in [6.07, 6.45) is 3.24. The molecule has 0 amide bonds. The highest BCUT2D eigenvalue weighted by molar-refractivity contribution is 5.62. The van der Waals surface area contributed by atoms with E-state index in [9.17, 15) is 0 Å². The fourth-order valence-electron chi connectivity index (χ4n) is 2.42. The van der Waals surface area contributed by atoms with Crippen molar-refractivity contribution in [3.63, 3.8) is 0 Å². The van der Waals surface area contributed by atoms with E-state index in [-0.39, 0.29) is 0 Å². The lowest BCUT2D eigenvalue weighted by Crippen LogP contribution is -1.97. The van der Waals surface area contributed by atoms with Crippen LogP contribution in [0, 0.1) is 0 Å². The average molecular weight is 302 g/mol. The summed E-state index contributed by atoms with van der Waals surface area (Å²) in [5.41, 5.74) is 3.13. The summed E-state index contributed by atoms with van der Waals surface area (Å²) in [5.74, 6) is 1.42. The Kier molecular flexibility index (Phi) is 3.44. The van der Waals surface area contributed by atoms with Crippen LogP contribution in [0.1, 0.15) is 5.56 Å². The minimum absolute atomic E-state index is 0.558. The third kappa shape index (κ3) is 2.76. The molecule has 0 saturated heterocycles. The second-order valence-electron chi connectivity index (χ2n) is 5.10. The monoisotopic (exact) mass is 302 g/mol. The minimum atomic E-state index is 0.558. The zero-order valence-corrected chi connectivity index (χ0v) is 12.3. The first-order chi connectivity index (χ1) is 11.4. The van der Waals surface area contributed by atoms with E-state index in [1.165, 1.54) is 6.33 Å². The molecule has 0 aliphatic heterocycles. The number of aromatic nitrogens is 4. The van der Waals surface area contributed by atoms with E-state index in [0.29, 0.717) is 12.4 Å². The molecule has 2 aromatic heterocycles. The number of rotatable bonds is 4. The highest BCUT2D eigenvalue weighted by Crippen LogP contribution is 2.22. The third-order valence-corrected chi connectivity index (χ3v) is 3.58. The maximum absolute atomic E-state index is 5.81.